The molecule has 1 heterocycles. The molecule has 1 aliphatic carbocycles. The molecule has 3 nitrogen and oxygen atoms in total. The lowest BCUT2D eigenvalue weighted by atomic mass is 9.81. The number of hydrogen-bond donors (Lipinski definition) is 1. The van der Waals surface area contributed by atoms with Crippen LogP contribution in [0.1, 0.15) is 39.5 Å². The van der Waals surface area contributed by atoms with Crippen LogP contribution in [-0.4, -0.2) is 55.1 Å². The van der Waals surface area contributed by atoms with E-state index in [-0.39, 0.29) is 5.54 Å². The van der Waals surface area contributed by atoms with Gasteiger partial charge in [-0.05, 0) is 58.7 Å². The van der Waals surface area contributed by atoms with Crippen molar-refractivity contribution in [2.45, 2.75) is 51.1 Å². The summed E-state index contributed by atoms with van der Waals surface area (Å²) in [5, 5.41) is 0. The minimum Gasteiger partial charge on any atom is -0.329 e. The predicted octanol–water partition coefficient (Wildman–Crippen LogP) is 1.53. The topological polar surface area (TPSA) is 32.5 Å². The zero-order valence-corrected chi connectivity index (χ0v) is 12.0. The van der Waals surface area contributed by atoms with E-state index in [2.05, 4.69) is 37.7 Å². The second-order valence-corrected chi connectivity index (χ2v) is 6.79. The summed E-state index contributed by atoms with van der Waals surface area (Å²) in [4.78, 5) is 5.04. The molecular weight excluding hydrogens is 210 g/mol. The van der Waals surface area contributed by atoms with Crippen molar-refractivity contribution in [2.24, 2.45) is 11.1 Å². The van der Waals surface area contributed by atoms with Crippen molar-refractivity contribution in [3.8, 4) is 0 Å². The molecule has 0 spiro atoms. The molecule has 0 aromatic heterocycles. The summed E-state index contributed by atoms with van der Waals surface area (Å²) in [5.74, 6) is 0. The largest absolute Gasteiger partial charge is 0.329 e. The van der Waals surface area contributed by atoms with Gasteiger partial charge in [0.25, 0.3) is 0 Å². The van der Waals surface area contributed by atoms with Crippen molar-refractivity contribution in [3.63, 3.8) is 0 Å². The van der Waals surface area contributed by atoms with E-state index in [1.54, 1.807) is 0 Å². The lowest BCUT2D eigenvalue weighted by Gasteiger charge is -2.47. The third-order valence-corrected chi connectivity index (χ3v) is 5.28. The normalized spacial score (nSPS) is 31.8. The molecule has 0 aromatic carbocycles. The Balaban J connectivity index is 2.13. The third kappa shape index (κ3) is 2.25. The fourth-order valence-corrected chi connectivity index (χ4v) is 3.53. The molecule has 0 amide bonds. The molecule has 2 N–H and O–H groups in total. The molecule has 1 saturated heterocycles. The van der Waals surface area contributed by atoms with Gasteiger partial charge < -0.3 is 10.6 Å². The number of nitrogens with two attached hydrogens (primary N) is 1. The summed E-state index contributed by atoms with van der Waals surface area (Å²) in [6.07, 6.45) is 5.38. The quantitative estimate of drug-likeness (QED) is 0.790. The first kappa shape index (κ1) is 13.3. The van der Waals surface area contributed by atoms with Crippen LogP contribution in [0, 0.1) is 5.41 Å². The first-order valence-corrected chi connectivity index (χ1v) is 7.04. The molecule has 2 atom stereocenters. The van der Waals surface area contributed by atoms with Crippen LogP contribution in [0.15, 0.2) is 0 Å². The standard InChI is InChI=1S/C14H29N3/c1-13(7-8-13)14(2,11-15)17-9-5-6-12(17)10-16(3)4/h12H,5-11,15H2,1-4H3. The summed E-state index contributed by atoms with van der Waals surface area (Å²) < 4.78 is 0. The van der Waals surface area contributed by atoms with Crippen LogP contribution in [0.3, 0.4) is 0 Å². The highest BCUT2D eigenvalue weighted by Gasteiger charge is 2.56. The maximum atomic E-state index is 6.15. The highest BCUT2D eigenvalue weighted by molar-refractivity contribution is 5.11. The Kier molecular flexibility index (Phi) is 3.54. The minimum absolute atomic E-state index is 0.212. The SMILES string of the molecule is CN(C)CC1CCCN1C(C)(CN)C1(C)CC1. The van der Waals surface area contributed by atoms with Crippen molar-refractivity contribution in [1.82, 2.24) is 9.80 Å². The first-order chi connectivity index (χ1) is 7.93. The van der Waals surface area contributed by atoms with Gasteiger partial charge in [0.05, 0.1) is 0 Å². The smallest absolute Gasteiger partial charge is 0.0360 e. The van der Waals surface area contributed by atoms with Crippen molar-refractivity contribution >= 4 is 0 Å². The highest BCUT2D eigenvalue weighted by Crippen LogP contribution is 2.56. The van der Waals surface area contributed by atoms with Gasteiger partial charge in [0, 0.05) is 24.7 Å². The Hall–Kier alpha value is -0.120. The van der Waals surface area contributed by atoms with Gasteiger partial charge in [0.1, 0.15) is 0 Å². The van der Waals surface area contributed by atoms with E-state index < -0.39 is 0 Å². The number of nitrogens with zero attached hydrogens (tertiary/aromatic N) is 2. The molecular formula is C14H29N3. The maximum Gasteiger partial charge on any atom is 0.0360 e. The maximum absolute atomic E-state index is 6.15. The molecule has 2 aliphatic rings. The molecule has 2 rings (SSSR count). The van der Waals surface area contributed by atoms with Gasteiger partial charge in [-0.15, -0.1) is 0 Å². The van der Waals surface area contributed by atoms with E-state index in [9.17, 15) is 0 Å². The van der Waals surface area contributed by atoms with Crippen LogP contribution in [0.2, 0.25) is 0 Å². The number of rotatable bonds is 5. The molecule has 3 heteroatoms. The molecule has 17 heavy (non-hydrogen) atoms. The number of likely N-dealkylation sites (N-methyl/N-ethyl adjacent to an activating group) is 1. The lowest BCUT2D eigenvalue weighted by molar-refractivity contribution is 0.0280. The van der Waals surface area contributed by atoms with E-state index in [1.807, 2.05) is 0 Å². The van der Waals surface area contributed by atoms with Gasteiger partial charge in [0.15, 0.2) is 0 Å². The van der Waals surface area contributed by atoms with E-state index in [1.165, 1.54) is 38.8 Å². The second kappa shape index (κ2) is 4.52. The van der Waals surface area contributed by atoms with E-state index in [0.717, 1.165) is 6.54 Å². The van der Waals surface area contributed by atoms with Gasteiger partial charge in [-0.2, -0.15) is 0 Å². The number of hydrogen-bond acceptors (Lipinski definition) is 3. The summed E-state index contributed by atoms with van der Waals surface area (Å²) in [6.45, 7) is 8.03. The molecule has 1 aliphatic heterocycles. The fraction of sp³-hybridized carbons (Fsp3) is 1.00. The fourth-order valence-electron chi connectivity index (χ4n) is 3.53. The predicted molar refractivity (Wildman–Crippen MR) is 73.1 cm³/mol. The Labute approximate surface area is 106 Å². The van der Waals surface area contributed by atoms with Crippen LogP contribution in [0.25, 0.3) is 0 Å². The van der Waals surface area contributed by atoms with E-state index in [0.29, 0.717) is 11.5 Å². The van der Waals surface area contributed by atoms with Gasteiger partial charge >= 0.3 is 0 Å². The second-order valence-electron chi connectivity index (χ2n) is 6.79. The van der Waals surface area contributed by atoms with Crippen LogP contribution >= 0.6 is 0 Å². The summed E-state index contributed by atoms with van der Waals surface area (Å²) >= 11 is 0. The molecule has 0 radical (unpaired) electrons. The monoisotopic (exact) mass is 239 g/mol. The van der Waals surface area contributed by atoms with Crippen molar-refractivity contribution in [1.29, 1.82) is 0 Å². The number of likely N-dealkylation sites (tertiary alicyclic amines) is 1. The highest BCUT2D eigenvalue weighted by atomic mass is 15.3. The third-order valence-electron chi connectivity index (χ3n) is 5.28. The molecule has 100 valence electrons. The molecule has 2 fully saturated rings. The van der Waals surface area contributed by atoms with Crippen LogP contribution in [0.4, 0.5) is 0 Å². The van der Waals surface area contributed by atoms with Gasteiger partial charge in [-0.25, -0.2) is 0 Å². The summed E-state index contributed by atoms with van der Waals surface area (Å²) in [6, 6.07) is 0.705. The molecule has 2 unspecified atom stereocenters. The molecule has 1 saturated carbocycles. The Morgan fingerprint density at radius 3 is 2.53 bits per heavy atom. The van der Waals surface area contributed by atoms with Gasteiger partial charge in [-0.3, -0.25) is 4.90 Å². The average molecular weight is 239 g/mol. The van der Waals surface area contributed by atoms with E-state index in [4.69, 9.17) is 5.73 Å². The lowest BCUT2D eigenvalue weighted by Crippen LogP contribution is -2.60. The Morgan fingerprint density at radius 2 is 2.06 bits per heavy atom. The average Bonchev–Trinajstić information content (AvgIpc) is 2.86. The minimum atomic E-state index is 0.212. The molecule has 0 aromatic rings. The summed E-state index contributed by atoms with van der Waals surface area (Å²) in [5.41, 5.74) is 6.83. The van der Waals surface area contributed by atoms with Crippen LogP contribution in [0.5, 0.6) is 0 Å². The van der Waals surface area contributed by atoms with Crippen molar-refractivity contribution < 1.29 is 0 Å². The van der Waals surface area contributed by atoms with Crippen molar-refractivity contribution in [2.75, 3.05) is 33.7 Å². The van der Waals surface area contributed by atoms with Gasteiger partial charge in [0.2, 0.25) is 0 Å². The molecule has 0 bridgehead atoms. The van der Waals surface area contributed by atoms with Gasteiger partial charge in [-0.1, -0.05) is 6.92 Å². The zero-order valence-electron chi connectivity index (χ0n) is 12.0. The van der Waals surface area contributed by atoms with Crippen molar-refractivity contribution in [3.05, 3.63) is 0 Å². The summed E-state index contributed by atoms with van der Waals surface area (Å²) in [7, 11) is 4.35. The zero-order chi connectivity index (χ0) is 12.7. The Morgan fingerprint density at radius 1 is 1.41 bits per heavy atom. The first-order valence-electron chi connectivity index (χ1n) is 7.04. The Bertz CT molecular complexity index is 273. The van der Waals surface area contributed by atoms with Crippen LogP contribution in [-0.2, 0) is 0 Å². The van der Waals surface area contributed by atoms with Crippen LogP contribution < -0.4 is 5.73 Å². The van der Waals surface area contributed by atoms with E-state index >= 15 is 0 Å².